The molecule has 6 nitrogen and oxygen atoms in total. The summed E-state index contributed by atoms with van der Waals surface area (Å²) >= 11 is 0. The van der Waals surface area contributed by atoms with Crippen molar-refractivity contribution in [2.24, 2.45) is 28.5 Å². The van der Waals surface area contributed by atoms with E-state index in [0.717, 1.165) is 17.8 Å². The predicted octanol–water partition coefficient (Wildman–Crippen LogP) is 1.83. The zero-order chi connectivity index (χ0) is 18.8. The minimum atomic E-state index is -5.08. The second-order valence-electron chi connectivity index (χ2n) is 7.56. The standard InChI is InChI=1S/C14H25N3O.C2HF3O2/c1-17(2-3-18)13(15)16-14-7-10-4-11(8-14)6-12(5-10)9-14;3-2(4,5)1(6)7/h10-12,18H,2-9H2,1H3,(H2,15,16);(H,6,7). The van der Waals surface area contributed by atoms with Crippen molar-refractivity contribution in [3.8, 4) is 0 Å². The molecule has 4 bridgehead atoms. The van der Waals surface area contributed by atoms with E-state index in [4.69, 9.17) is 25.7 Å². The number of carbonyl (C=O) groups is 1. The van der Waals surface area contributed by atoms with Gasteiger partial charge in [-0.3, -0.25) is 0 Å². The maximum Gasteiger partial charge on any atom is 0.490 e. The maximum atomic E-state index is 10.6. The number of aliphatic carboxylic acids is 1. The first-order valence-electron chi connectivity index (χ1n) is 8.52. The van der Waals surface area contributed by atoms with Crippen LogP contribution >= 0.6 is 0 Å². The van der Waals surface area contributed by atoms with Gasteiger partial charge in [0.1, 0.15) is 0 Å². The van der Waals surface area contributed by atoms with Crippen molar-refractivity contribution in [3.05, 3.63) is 0 Å². The van der Waals surface area contributed by atoms with E-state index in [1.165, 1.54) is 38.5 Å². The van der Waals surface area contributed by atoms with E-state index in [9.17, 15) is 13.2 Å². The molecular weight excluding hydrogens is 339 g/mol. The lowest BCUT2D eigenvalue weighted by atomic mass is 9.53. The molecule has 4 aliphatic rings. The molecule has 0 saturated heterocycles. The summed E-state index contributed by atoms with van der Waals surface area (Å²) in [4.78, 5) is 15.7. The van der Waals surface area contributed by atoms with E-state index >= 15 is 0 Å². The molecule has 0 aromatic carbocycles. The summed E-state index contributed by atoms with van der Waals surface area (Å²) in [5, 5.41) is 16.1. The summed E-state index contributed by atoms with van der Waals surface area (Å²) in [5.74, 6) is 0.557. The molecule has 0 aromatic rings. The fourth-order valence-electron chi connectivity index (χ4n) is 4.79. The van der Waals surface area contributed by atoms with Gasteiger partial charge in [-0.2, -0.15) is 13.2 Å². The van der Waals surface area contributed by atoms with Gasteiger partial charge < -0.3 is 20.8 Å². The van der Waals surface area contributed by atoms with Gasteiger partial charge in [-0.15, -0.1) is 0 Å². The molecular formula is C16H26F3N3O3. The lowest BCUT2D eigenvalue weighted by Gasteiger charge is -2.55. The van der Waals surface area contributed by atoms with Gasteiger partial charge in [0.25, 0.3) is 0 Å². The number of carboxylic acids is 1. The Morgan fingerprint density at radius 1 is 1.20 bits per heavy atom. The molecule has 0 aliphatic heterocycles. The summed E-state index contributed by atoms with van der Waals surface area (Å²) in [6.45, 7) is 0.704. The fourth-order valence-corrected chi connectivity index (χ4v) is 4.79. The van der Waals surface area contributed by atoms with E-state index in [2.05, 4.69) is 0 Å². The number of rotatable bonds is 3. The van der Waals surface area contributed by atoms with Crippen molar-refractivity contribution in [3.63, 3.8) is 0 Å². The van der Waals surface area contributed by atoms with Gasteiger partial charge in [0.2, 0.25) is 0 Å². The quantitative estimate of drug-likeness (QED) is 0.523. The molecule has 0 unspecified atom stereocenters. The van der Waals surface area contributed by atoms with E-state index in [1.807, 2.05) is 11.9 Å². The SMILES string of the molecule is CN(CCO)C(N)=NC12CC3CC(CC(C3)C1)C2.O=C(O)C(F)(F)F. The lowest BCUT2D eigenvalue weighted by Crippen LogP contribution is -2.51. The molecule has 9 heteroatoms. The van der Waals surface area contributed by atoms with Crippen molar-refractivity contribution in [2.45, 2.75) is 50.2 Å². The molecule has 25 heavy (non-hydrogen) atoms. The van der Waals surface area contributed by atoms with Gasteiger partial charge in [-0.25, -0.2) is 9.79 Å². The normalized spacial score (nSPS) is 33.6. The third-order valence-electron chi connectivity index (χ3n) is 5.43. The second kappa shape index (κ2) is 7.39. The summed E-state index contributed by atoms with van der Waals surface area (Å²) in [6.07, 6.45) is 2.94. The summed E-state index contributed by atoms with van der Waals surface area (Å²) in [6, 6.07) is 0. The van der Waals surface area contributed by atoms with Crippen LogP contribution in [0.2, 0.25) is 0 Å². The molecule has 0 heterocycles. The number of aliphatic hydroxyl groups is 1. The monoisotopic (exact) mass is 365 g/mol. The molecule has 0 aromatic heterocycles. The number of likely N-dealkylation sites (N-methyl/N-ethyl adjacent to an activating group) is 1. The number of halogens is 3. The highest BCUT2D eigenvalue weighted by Gasteiger charge is 2.51. The Bertz CT molecular complexity index is 487. The third-order valence-corrected chi connectivity index (χ3v) is 5.43. The number of alkyl halides is 3. The van der Waals surface area contributed by atoms with Gasteiger partial charge >= 0.3 is 12.1 Å². The molecule has 4 rings (SSSR count). The van der Waals surface area contributed by atoms with Crippen LogP contribution in [0.15, 0.2) is 4.99 Å². The van der Waals surface area contributed by atoms with Crippen molar-refractivity contribution in [1.29, 1.82) is 0 Å². The highest BCUT2D eigenvalue weighted by Crippen LogP contribution is 2.57. The first-order valence-corrected chi connectivity index (χ1v) is 8.52. The topological polar surface area (TPSA) is 99.1 Å². The van der Waals surface area contributed by atoms with E-state index in [-0.39, 0.29) is 12.1 Å². The van der Waals surface area contributed by atoms with Crippen LogP contribution in [0.4, 0.5) is 13.2 Å². The van der Waals surface area contributed by atoms with Crippen molar-refractivity contribution < 1.29 is 28.2 Å². The van der Waals surface area contributed by atoms with Crippen LogP contribution in [0, 0.1) is 17.8 Å². The molecule has 144 valence electrons. The molecule has 4 aliphatic carbocycles. The average Bonchev–Trinajstić information content (AvgIpc) is 2.45. The minimum Gasteiger partial charge on any atom is -0.475 e. The molecule has 0 spiro atoms. The zero-order valence-electron chi connectivity index (χ0n) is 14.3. The largest absolute Gasteiger partial charge is 0.490 e. The van der Waals surface area contributed by atoms with Gasteiger partial charge in [0.05, 0.1) is 12.1 Å². The van der Waals surface area contributed by atoms with E-state index in [0.29, 0.717) is 12.5 Å². The summed E-state index contributed by atoms with van der Waals surface area (Å²) in [5.41, 5.74) is 6.23. The van der Waals surface area contributed by atoms with Crippen molar-refractivity contribution >= 4 is 11.9 Å². The Labute approximate surface area is 144 Å². The number of aliphatic hydroxyl groups excluding tert-OH is 1. The Morgan fingerprint density at radius 3 is 1.92 bits per heavy atom. The maximum absolute atomic E-state index is 10.6. The number of hydrogen-bond donors (Lipinski definition) is 3. The van der Waals surface area contributed by atoms with Gasteiger partial charge in [0, 0.05) is 13.6 Å². The van der Waals surface area contributed by atoms with Crippen LogP contribution in [-0.4, -0.2) is 59.0 Å². The lowest BCUT2D eigenvalue weighted by molar-refractivity contribution is -0.192. The van der Waals surface area contributed by atoms with Gasteiger partial charge in [-0.1, -0.05) is 0 Å². The van der Waals surface area contributed by atoms with Crippen molar-refractivity contribution in [2.75, 3.05) is 20.2 Å². The molecule has 4 fully saturated rings. The van der Waals surface area contributed by atoms with Gasteiger partial charge in [-0.05, 0) is 56.3 Å². The van der Waals surface area contributed by atoms with Gasteiger partial charge in [0.15, 0.2) is 5.96 Å². The number of nitrogens with zero attached hydrogens (tertiary/aromatic N) is 2. The van der Waals surface area contributed by atoms with Crippen LogP contribution in [-0.2, 0) is 4.79 Å². The summed E-state index contributed by atoms with van der Waals surface area (Å²) in [7, 11) is 1.91. The van der Waals surface area contributed by atoms with Crippen molar-refractivity contribution in [1.82, 2.24) is 4.90 Å². The fraction of sp³-hybridized carbons (Fsp3) is 0.875. The summed E-state index contributed by atoms with van der Waals surface area (Å²) < 4.78 is 31.7. The Balaban J connectivity index is 0.000000277. The first kappa shape index (κ1) is 19.8. The van der Waals surface area contributed by atoms with Crippen LogP contribution in [0.5, 0.6) is 0 Å². The smallest absolute Gasteiger partial charge is 0.475 e. The molecule has 0 radical (unpaired) electrons. The minimum absolute atomic E-state index is 0.133. The van der Waals surface area contributed by atoms with E-state index in [1.54, 1.807) is 0 Å². The molecule has 0 amide bonds. The Morgan fingerprint density at radius 2 is 1.60 bits per heavy atom. The first-order chi connectivity index (χ1) is 11.5. The highest BCUT2D eigenvalue weighted by molar-refractivity contribution is 5.78. The predicted molar refractivity (Wildman–Crippen MR) is 85.9 cm³/mol. The Kier molecular flexibility index (Phi) is 5.86. The number of carboxylic acid groups (broad SMARTS) is 1. The Hall–Kier alpha value is -1.51. The third kappa shape index (κ3) is 4.99. The highest BCUT2D eigenvalue weighted by atomic mass is 19.4. The van der Waals surface area contributed by atoms with Crippen LogP contribution in [0.1, 0.15) is 38.5 Å². The molecule has 4 saturated carbocycles. The number of guanidine groups is 1. The van der Waals surface area contributed by atoms with Crippen LogP contribution in [0.25, 0.3) is 0 Å². The average molecular weight is 365 g/mol. The van der Waals surface area contributed by atoms with Crippen LogP contribution < -0.4 is 5.73 Å². The van der Waals surface area contributed by atoms with Crippen LogP contribution in [0.3, 0.4) is 0 Å². The molecule has 0 atom stereocenters. The molecule has 4 N–H and O–H groups in total. The second-order valence-corrected chi connectivity index (χ2v) is 7.56. The zero-order valence-corrected chi connectivity index (χ0v) is 14.3. The number of nitrogens with two attached hydrogens (primary N) is 1. The number of hydrogen-bond acceptors (Lipinski definition) is 3. The number of aliphatic imine (C=N–C) groups is 1. The van der Waals surface area contributed by atoms with E-state index < -0.39 is 12.1 Å².